The molecule has 1 aliphatic rings. The molecule has 0 aromatic rings. The Morgan fingerprint density at radius 2 is 1.29 bits per heavy atom. The average Bonchev–Trinajstić information content (AvgIpc) is 2.30. The van der Waals surface area contributed by atoms with Crippen LogP contribution in [0.1, 0.15) is 79.6 Å². The van der Waals surface area contributed by atoms with Gasteiger partial charge in [-0.15, -0.1) is 0 Å². The van der Waals surface area contributed by atoms with Crippen LogP contribution in [0.3, 0.4) is 0 Å². The molecule has 0 heterocycles. The predicted octanol–water partition coefficient (Wildman–Crippen LogP) is 5.91. The molecule has 0 aliphatic heterocycles. The Hall–Kier alpha value is 0. The van der Waals surface area contributed by atoms with Crippen molar-refractivity contribution < 1.29 is 0 Å². The molecule has 1 saturated carbocycles. The maximum absolute atomic E-state index is 2.52. The van der Waals surface area contributed by atoms with Crippen molar-refractivity contribution in [3.63, 3.8) is 0 Å². The Kier molecular flexibility index (Phi) is 6.59. The van der Waals surface area contributed by atoms with Gasteiger partial charge >= 0.3 is 0 Å². The van der Waals surface area contributed by atoms with E-state index < -0.39 is 0 Å². The maximum Gasteiger partial charge on any atom is -0.0355 e. The van der Waals surface area contributed by atoms with Crippen LogP contribution in [0.25, 0.3) is 0 Å². The summed E-state index contributed by atoms with van der Waals surface area (Å²) in [6.07, 6.45) is 10.1. The van der Waals surface area contributed by atoms with E-state index in [0.29, 0.717) is 0 Å². The molecule has 102 valence electrons. The van der Waals surface area contributed by atoms with E-state index in [9.17, 15) is 0 Å². The molecule has 0 heteroatoms. The highest BCUT2D eigenvalue weighted by atomic mass is 14.4. The van der Waals surface area contributed by atoms with Crippen molar-refractivity contribution in [1.82, 2.24) is 0 Å². The molecule has 0 aromatic heterocycles. The molecule has 0 saturated heterocycles. The van der Waals surface area contributed by atoms with Crippen molar-refractivity contribution >= 4 is 0 Å². The standard InChI is InChI=1S/C17H34/c1-6-9-15-12-13(4)14(5)16(10-7-2)17(15)11-8-3/h13-17H,6-12H2,1-5H3. The Bertz CT molecular complexity index is 196. The smallest absolute Gasteiger partial charge is 0.0355 e. The first-order valence-electron chi connectivity index (χ1n) is 8.15. The molecular formula is C17H34. The van der Waals surface area contributed by atoms with Gasteiger partial charge in [0.15, 0.2) is 0 Å². The molecule has 1 rings (SSSR count). The molecule has 0 N–H and O–H groups in total. The summed E-state index contributed by atoms with van der Waals surface area (Å²) in [5, 5.41) is 0. The first-order valence-corrected chi connectivity index (χ1v) is 8.15. The normalized spacial score (nSPS) is 38.3. The summed E-state index contributed by atoms with van der Waals surface area (Å²) in [4.78, 5) is 0. The van der Waals surface area contributed by atoms with Crippen LogP contribution in [-0.2, 0) is 0 Å². The average molecular weight is 238 g/mol. The van der Waals surface area contributed by atoms with E-state index in [1.165, 1.54) is 44.9 Å². The number of hydrogen-bond acceptors (Lipinski definition) is 0. The van der Waals surface area contributed by atoms with Crippen molar-refractivity contribution in [1.29, 1.82) is 0 Å². The fourth-order valence-corrected chi connectivity index (χ4v) is 4.32. The van der Waals surface area contributed by atoms with Gasteiger partial charge in [-0.25, -0.2) is 0 Å². The van der Waals surface area contributed by atoms with Gasteiger partial charge in [-0.3, -0.25) is 0 Å². The molecule has 17 heavy (non-hydrogen) atoms. The minimum atomic E-state index is 0.955. The minimum Gasteiger partial charge on any atom is -0.0654 e. The summed E-state index contributed by atoms with van der Waals surface area (Å²) in [5.74, 6) is 4.99. The topological polar surface area (TPSA) is 0 Å². The first kappa shape index (κ1) is 15.1. The molecule has 0 spiro atoms. The highest BCUT2D eigenvalue weighted by Crippen LogP contribution is 2.47. The van der Waals surface area contributed by atoms with E-state index in [1.807, 2.05) is 0 Å². The summed E-state index contributed by atoms with van der Waals surface area (Å²) < 4.78 is 0. The largest absolute Gasteiger partial charge is 0.0654 e. The summed E-state index contributed by atoms with van der Waals surface area (Å²) in [5.41, 5.74) is 0. The first-order chi connectivity index (χ1) is 8.15. The molecule has 1 aliphatic carbocycles. The van der Waals surface area contributed by atoms with Gasteiger partial charge in [-0.1, -0.05) is 73.1 Å². The molecule has 5 atom stereocenters. The lowest BCUT2D eigenvalue weighted by molar-refractivity contribution is 0.0364. The van der Waals surface area contributed by atoms with Gasteiger partial charge in [-0.05, 0) is 36.0 Å². The van der Waals surface area contributed by atoms with Gasteiger partial charge in [0.2, 0.25) is 0 Å². The predicted molar refractivity (Wildman–Crippen MR) is 78.1 cm³/mol. The monoisotopic (exact) mass is 238 g/mol. The van der Waals surface area contributed by atoms with E-state index in [2.05, 4.69) is 34.6 Å². The molecule has 0 amide bonds. The second-order valence-corrected chi connectivity index (χ2v) is 6.53. The highest BCUT2D eigenvalue weighted by molar-refractivity contribution is 4.88. The SMILES string of the molecule is CCCC1CC(C)C(C)C(CCC)C1CCC. The van der Waals surface area contributed by atoms with Gasteiger partial charge in [0.05, 0.1) is 0 Å². The van der Waals surface area contributed by atoms with Gasteiger partial charge in [0, 0.05) is 0 Å². The lowest BCUT2D eigenvalue weighted by Gasteiger charge is -2.46. The highest BCUT2D eigenvalue weighted by Gasteiger charge is 2.39. The van der Waals surface area contributed by atoms with Crippen LogP contribution >= 0.6 is 0 Å². The van der Waals surface area contributed by atoms with Crippen LogP contribution in [0.4, 0.5) is 0 Å². The zero-order valence-corrected chi connectivity index (χ0v) is 12.8. The third-order valence-corrected chi connectivity index (χ3v) is 5.31. The summed E-state index contributed by atoms with van der Waals surface area (Å²) in [6, 6.07) is 0. The second-order valence-electron chi connectivity index (χ2n) is 6.53. The summed E-state index contributed by atoms with van der Waals surface area (Å²) >= 11 is 0. The summed E-state index contributed by atoms with van der Waals surface area (Å²) in [6.45, 7) is 12.1. The molecule has 0 bridgehead atoms. The molecule has 0 nitrogen and oxygen atoms in total. The lowest BCUT2D eigenvalue weighted by Crippen LogP contribution is -2.38. The third-order valence-electron chi connectivity index (χ3n) is 5.31. The van der Waals surface area contributed by atoms with E-state index in [4.69, 9.17) is 0 Å². The quantitative estimate of drug-likeness (QED) is 0.539. The number of hydrogen-bond donors (Lipinski definition) is 0. The van der Waals surface area contributed by atoms with Gasteiger partial charge in [0.25, 0.3) is 0 Å². The Morgan fingerprint density at radius 1 is 0.765 bits per heavy atom. The van der Waals surface area contributed by atoms with Crippen LogP contribution in [-0.4, -0.2) is 0 Å². The van der Waals surface area contributed by atoms with Crippen molar-refractivity contribution in [3.8, 4) is 0 Å². The molecular weight excluding hydrogens is 204 g/mol. The van der Waals surface area contributed by atoms with E-state index in [0.717, 1.165) is 29.6 Å². The van der Waals surface area contributed by atoms with Crippen LogP contribution in [0, 0.1) is 29.6 Å². The van der Waals surface area contributed by atoms with Gasteiger partial charge in [-0.2, -0.15) is 0 Å². The fourth-order valence-electron chi connectivity index (χ4n) is 4.32. The van der Waals surface area contributed by atoms with Gasteiger partial charge < -0.3 is 0 Å². The summed E-state index contributed by atoms with van der Waals surface area (Å²) in [7, 11) is 0. The molecule has 5 unspecified atom stereocenters. The second kappa shape index (κ2) is 7.44. The third kappa shape index (κ3) is 3.73. The Balaban J connectivity index is 2.77. The van der Waals surface area contributed by atoms with E-state index >= 15 is 0 Å². The van der Waals surface area contributed by atoms with Crippen molar-refractivity contribution in [2.75, 3.05) is 0 Å². The van der Waals surface area contributed by atoms with Crippen molar-refractivity contribution in [2.45, 2.75) is 79.6 Å². The van der Waals surface area contributed by atoms with E-state index in [-0.39, 0.29) is 0 Å². The van der Waals surface area contributed by atoms with Crippen LogP contribution in [0.5, 0.6) is 0 Å². The fraction of sp³-hybridized carbons (Fsp3) is 1.00. The van der Waals surface area contributed by atoms with Crippen molar-refractivity contribution in [3.05, 3.63) is 0 Å². The Labute approximate surface area is 110 Å². The minimum absolute atomic E-state index is 0.955. The van der Waals surface area contributed by atoms with E-state index in [1.54, 1.807) is 0 Å². The zero-order valence-electron chi connectivity index (χ0n) is 12.8. The zero-order chi connectivity index (χ0) is 12.8. The molecule has 0 radical (unpaired) electrons. The van der Waals surface area contributed by atoms with Crippen LogP contribution in [0.15, 0.2) is 0 Å². The van der Waals surface area contributed by atoms with Crippen LogP contribution in [0.2, 0.25) is 0 Å². The van der Waals surface area contributed by atoms with Crippen LogP contribution < -0.4 is 0 Å². The number of rotatable bonds is 6. The van der Waals surface area contributed by atoms with Crippen molar-refractivity contribution in [2.24, 2.45) is 29.6 Å². The molecule has 0 aromatic carbocycles. The maximum atomic E-state index is 2.52. The van der Waals surface area contributed by atoms with Gasteiger partial charge in [0.1, 0.15) is 0 Å². The lowest BCUT2D eigenvalue weighted by atomic mass is 9.59. The molecule has 1 fully saturated rings. The Morgan fingerprint density at radius 3 is 1.82 bits per heavy atom.